The van der Waals surface area contributed by atoms with Crippen LogP contribution >= 0.6 is 11.3 Å². The first-order valence-corrected chi connectivity index (χ1v) is 10.9. The fourth-order valence-electron chi connectivity index (χ4n) is 3.11. The fraction of sp³-hybridized carbons (Fsp3) is 0.500. The molecule has 2 amide bonds. The molecule has 3 rings (SSSR count). The summed E-state index contributed by atoms with van der Waals surface area (Å²) in [7, 11) is 0. The maximum atomic E-state index is 13.9. The van der Waals surface area contributed by atoms with E-state index in [1.54, 1.807) is 0 Å². The van der Waals surface area contributed by atoms with Gasteiger partial charge in [-0.2, -0.15) is 13.2 Å². The topological polar surface area (TPSA) is 130 Å². The van der Waals surface area contributed by atoms with Crippen LogP contribution in [0.5, 0.6) is 0 Å². The van der Waals surface area contributed by atoms with Crippen molar-refractivity contribution in [2.45, 2.75) is 50.9 Å². The number of aliphatic hydroxyl groups is 1. The molecule has 0 saturated heterocycles. The molecule has 34 heavy (non-hydrogen) atoms. The largest absolute Gasteiger partial charge is 0.408 e. The third-order valence-corrected chi connectivity index (χ3v) is 5.99. The first-order valence-electron chi connectivity index (χ1n) is 10.1. The molecule has 2 aromatic heterocycles. The maximum absolute atomic E-state index is 13.9. The van der Waals surface area contributed by atoms with Crippen molar-refractivity contribution >= 4 is 29.0 Å². The number of rotatable bonds is 9. The lowest BCUT2D eigenvalue weighted by Crippen LogP contribution is -2.38. The van der Waals surface area contributed by atoms with E-state index in [0.717, 1.165) is 12.3 Å². The molecule has 0 aromatic carbocycles. The average molecular weight is 507 g/mol. The number of halogens is 5. The van der Waals surface area contributed by atoms with Gasteiger partial charge in [0.25, 0.3) is 18.2 Å². The quantitative estimate of drug-likeness (QED) is 0.385. The number of anilines is 1. The van der Waals surface area contributed by atoms with Crippen LogP contribution in [0, 0.1) is 5.92 Å². The minimum Gasteiger partial charge on any atom is -0.389 e. The van der Waals surface area contributed by atoms with E-state index in [-0.39, 0.29) is 22.0 Å². The van der Waals surface area contributed by atoms with E-state index in [2.05, 4.69) is 20.6 Å². The van der Waals surface area contributed by atoms with Crippen LogP contribution in [0.3, 0.4) is 0 Å². The van der Waals surface area contributed by atoms with Crippen molar-refractivity contribution in [1.29, 1.82) is 0 Å². The Hall–Kier alpha value is -2.87. The summed E-state index contributed by atoms with van der Waals surface area (Å²) < 4.78 is 67.7. The molecular weight excluding hydrogens is 485 g/mol. The molecule has 0 bridgehead atoms. The van der Waals surface area contributed by atoms with E-state index in [4.69, 9.17) is 5.73 Å². The van der Waals surface area contributed by atoms with Crippen LogP contribution in [0.15, 0.2) is 12.3 Å². The summed E-state index contributed by atoms with van der Waals surface area (Å²) in [6, 6.07) is -1.15. The first kappa shape index (κ1) is 25.7. The molecule has 5 N–H and O–H groups in total. The standard InChI is InChI=1S/C20H22F5N5O3S/c1-19(2,33)7-28-17(32)18-30-12(16(26)31)13(34-18)10-6-27-11(5-9(10)15(21)22)29-14(8-3-4-8)20(23,24)25/h5-6,8,14-15,33H,3-4,7H2,1-2H3,(H2,26,31)(H,27,29)(H,28,32). The highest BCUT2D eigenvalue weighted by Gasteiger charge is 2.49. The SMILES string of the molecule is CC(C)(O)CNC(=O)c1nc(C(N)=O)c(-c2cnc(NC(C3CC3)C(F)(F)F)cc2C(F)F)s1. The summed E-state index contributed by atoms with van der Waals surface area (Å²) in [5.74, 6) is -2.93. The molecule has 0 spiro atoms. The fourth-order valence-corrected chi connectivity index (χ4v) is 4.13. The molecule has 2 heterocycles. The molecule has 1 fully saturated rings. The van der Waals surface area contributed by atoms with Gasteiger partial charge in [-0.15, -0.1) is 11.3 Å². The van der Waals surface area contributed by atoms with Gasteiger partial charge in [-0.3, -0.25) is 9.59 Å². The molecule has 2 aromatic rings. The molecule has 8 nitrogen and oxygen atoms in total. The molecule has 1 aliphatic carbocycles. The summed E-state index contributed by atoms with van der Waals surface area (Å²) in [6.45, 7) is 2.73. The summed E-state index contributed by atoms with van der Waals surface area (Å²) in [5, 5.41) is 14.0. The number of hydrogen-bond acceptors (Lipinski definition) is 7. The number of nitrogens with zero attached hydrogens (tertiary/aromatic N) is 2. The predicted molar refractivity (Wildman–Crippen MR) is 114 cm³/mol. The molecule has 0 aliphatic heterocycles. The van der Waals surface area contributed by atoms with Crippen LogP contribution in [0.4, 0.5) is 27.8 Å². The van der Waals surface area contributed by atoms with Crippen LogP contribution in [0.1, 0.15) is 59.0 Å². The van der Waals surface area contributed by atoms with Crippen molar-refractivity contribution in [3.8, 4) is 10.4 Å². The molecule has 1 saturated carbocycles. The third-order valence-electron chi connectivity index (χ3n) is 4.90. The summed E-state index contributed by atoms with van der Waals surface area (Å²) >= 11 is 0.591. The molecule has 0 radical (unpaired) electrons. The highest BCUT2D eigenvalue weighted by Crippen LogP contribution is 2.42. The second-order valence-corrected chi connectivity index (χ2v) is 9.51. The van der Waals surface area contributed by atoms with Gasteiger partial charge < -0.3 is 21.5 Å². The summed E-state index contributed by atoms with van der Waals surface area (Å²) in [5.41, 5.74) is 2.61. The van der Waals surface area contributed by atoms with E-state index >= 15 is 0 Å². The normalized spacial score (nSPS) is 15.3. The Morgan fingerprint density at radius 2 is 1.94 bits per heavy atom. The number of carbonyl (C=O) groups is 2. The third kappa shape index (κ3) is 6.17. The zero-order chi connectivity index (χ0) is 25.4. The number of carbonyl (C=O) groups excluding carboxylic acids is 2. The van der Waals surface area contributed by atoms with E-state index in [9.17, 15) is 36.6 Å². The Morgan fingerprint density at radius 3 is 2.44 bits per heavy atom. The molecule has 14 heteroatoms. The number of nitrogens with two attached hydrogens (primary N) is 1. The van der Waals surface area contributed by atoms with Gasteiger partial charge in [-0.05, 0) is 38.7 Å². The van der Waals surface area contributed by atoms with Gasteiger partial charge in [-0.1, -0.05) is 0 Å². The number of amides is 2. The molecule has 1 aliphatic rings. The number of nitrogens with one attached hydrogen (secondary N) is 2. The van der Waals surface area contributed by atoms with Gasteiger partial charge in [0.2, 0.25) is 0 Å². The van der Waals surface area contributed by atoms with Crippen molar-refractivity contribution in [3.63, 3.8) is 0 Å². The van der Waals surface area contributed by atoms with Crippen molar-refractivity contribution in [1.82, 2.24) is 15.3 Å². The number of thiazole rings is 1. The highest BCUT2D eigenvalue weighted by molar-refractivity contribution is 7.17. The van der Waals surface area contributed by atoms with Gasteiger partial charge >= 0.3 is 6.18 Å². The van der Waals surface area contributed by atoms with E-state index < -0.39 is 59.1 Å². The lowest BCUT2D eigenvalue weighted by atomic mass is 10.1. The van der Waals surface area contributed by atoms with Crippen LogP contribution in [-0.2, 0) is 0 Å². The Labute approximate surface area is 194 Å². The minimum atomic E-state index is -4.59. The highest BCUT2D eigenvalue weighted by atomic mass is 32.1. The predicted octanol–water partition coefficient (Wildman–Crippen LogP) is 3.50. The van der Waals surface area contributed by atoms with Crippen LogP contribution in [-0.4, -0.2) is 51.3 Å². The molecule has 1 unspecified atom stereocenters. The first-order chi connectivity index (χ1) is 15.7. The summed E-state index contributed by atoms with van der Waals surface area (Å²) in [4.78, 5) is 31.7. The van der Waals surface area contributed by atoms with Crippen molar-refractivity contribution in [3.05, 3.63) is 28.5 Å². The van der Waals surface area contributed by atoms with Gasteiger partial charge in [0, 0.05) is 23.9 Å². The van der Waals surface area contributed by atoms with Gasteiger partial charge in [0.05, 0.1) is 10.5 Å². The Bertz CT molecular complexity index is 1080. The lowest BCUT2D eigenvalue weighted by Gasteiger charge is -2.22. The van der Waals surface area contributed by atoms with Crippen LogP contribution in [0.25, 0.3) is 10.4 Å². The van der Waals surface area contributed by atoms with E-state index in [0.29, 0.717) is 24.2 Å². The summed E-state index contributed by atoms with van der Waals surface area (Å²) in [6.07, 6.45) is -6.12. The van der Waals surface area contributed by atoms with Crippen molar-refractivity contribution in [2.24, 2.45) is 11.7 Å². The average Bonchev–Trinajstić information content (AvgIpc) is 3.45. The second-order valence-electron chi connectivity index (χ2n) is 8.51. The maximum Gasteiger partial charge on any atom is 0.408 e. The number of hydrogen-bond donors (Lipinski definition) is 4. The van der Waals surface area contributed by atoms with Gasteiger partial charge in [0.1, 0.15) is 17.6 Å². The Morgan fingerprint density at radius 1 is 1.29 bits per heavy atom. The zero-order valence-corrected chi connectivity index (χ0v) is 18.9. The van der Waals surface area contributed by atoms with Crippen molar-refractivity contribution in [2.75, 3.05) is 11.9 Å². The van der Waals surface area contributed by atoms with Crippen molar-refractivity contribution < 1.29 is 36.6 Å². The van der Waals surface area contributed by atoms with Gasteiger partial charge in [-0.25, -0.2) is 18.7 Å². The smallest absolute Gasteiger partial charge is 0.389 e. The van der Waals surface area contributed by atoms with Gasteiger partial charge in [0.15, 0.2) is 5.01 Å². The van der Waals surface area contributed by atoms with Crippen LogP contribution in [0.2, 0.25) is 0 Å². The van der Waals surface area contributed by atoms with E-state index in [1.807, 2.05) is 0 Å². The Balaban J connectivity index is 1.97. The number of pyridine rings is 1. The Kier molecular flexibility index (Phi) is 7.12. The molecule has 1 atom stereocenters. The lowest BCUT2D eigenvalue weighted by molar-refractivity contribution is -0.146. The second kappa shape index (κ2) is 9.41. The zero-order valence-electron chi connectivity index (χ0n) is 18.0. The molecular formula is C20H22F5N5O3S. The number of alkyl halides is 5. The number of aromatic nitrogens is 2. The monoisotopic (exact) mass is 507 g/mol. The minimum absolute atomic E-state index is 0.155. The number of primary amides is 1. The van der Waals surface area contributed by atoms with E-state index in [1.165, 1.54) is 13.8 Å². The molecule has 186 valence electrons. The van der Waals surface area contributed by atoms with Crippen LogP contribution < -0.4 is 16.4 Å².